The van der Waals surface area contributed by atoms with Crippen LogP contribution in [0.2, 0.25) is 0 Å². The van der Waals surface area contributed by atoms with E-state index in [0.29, 0.717) is 17.1 Å². The van der Waals surface area contributed by atoms with Crippen LogP contribution in [0.4, 0.5) is 5.82 Å². The van der Waals surface area contributed by atoms with Crippen LogP contribution < -0.4 is 15.8 Å². The van der Waals surface area contributed by atoms with Gasteiger partial charge in [0.15, 0.2) is 0 Å². The van der Waals surface area contributed by atoms with Crippen LogP contribution in [0.15, 0.2) is 53.8 Å². The third-order valence-corrected chi connectivity index (χ3v) is 4.77. The zero-order valence-electron chi connectivity index (χ0n) is 16.8. The maximum absolute atomic E-state index is 11.5. The first-order valence-corrected chi connectivity index (χ1v) is 9.59. The molecular weight excluding hydrogens is 368 g/mol. The molecule has 1 heterocycles. The zero-order valence-corrected chi connectivity index (χ0v) is 16.8. The maximum atomic E-state index is 11.5. The second kappa shape index (κ2) is 9.73. The molecule has 3 rings (SSSR count). The van der Waals surface area contributed by atoms with Gasteiger partial charge in [0.05, 0.1) is 25.7 Å². The van der Waals surface area contributed by atoms with Crippen LogP contribution in [0, 0.1) is 0 Å². The Kier molecular flexibility index (Phi) is 6.84. The van der Waals surface area contributed by atoms with Gasteiger partial charge in [-0.2, -0.15) is 9.97 Å². The van der Waals surface area contributed by atoms with Gasteiger partial charge in [-0.25, -0.2) is 0 Å². The van der Waals surface area contributed by atoms with Crippen LogP contribution in [-0.4, -0.2) is 36.6 Å². The number of methoxy groups -OCH3 is 2. The Morgan fingerprint density at radius 2 is 2.00 bits per heavy atom. The molecule has 0 spiro atoms. The number of rotatable bonds is 8. The van der Waals surface area contributed by atoms with Gasteiger partial charge in [-0.15, -0.1) is 0 Å². The van der Waals surface area contributed by atoms with Crippen molar-refractivity contribution in [3.8, 4) is 17.3 Å². The van der Waals surface area contributed by atoms with Crippen molar-refractivity contribution in [1.82, 2.24) is 9.97 Å². The fourth-order valence-electron chi connectivity index (χ4n) is 3.18. The van der Waals surface area contributed by atoms with E-state index in [1.165, 1.54) is 12.7 Å². The minimum atomic E-state index is -0.478. The Morgan fingerprint density at radius 3 is 2.76 bits per heavy atom. The van der Waals surface area contributed by atoms with Crippen molar-refractivity contribution in [2.45, 2.75) is 25.7 Å². The molecule has 0 radical (unpaired) electrons. The molecule has 3 N–H and O–H groups in total. The Morgan fingerprint density at radius 1 is 1.14 bits per heavy atom. The number of carbonyl (C=O) groups is 1. The molecule has 0 bridgehead atoms. The molecule has 0 aliphatic heterocycles. The van der Waals surface area contributed by atoms with Gasteiger partial charge < -0.3 is 20.5 Å². The first-order valence-electron chi connectivity index (χ1n) is 9.59. The molecule has 0 atom stereocenters. The minimum Gasteiger partial charge on any atom is -0.501 e. The van der Waals surface area contributed by atoms with E-state index in [-0.39, 0.29) is 6.01 Å². The number of nitrogens with one attached hydrogen (secondary N) is 1. The first-order chi connectivity index (χ1) is 14.1. The lowest BCUT2D eigenvalue weighted by atomic mass is 10.1. The highest BCUT2D eigenvalue weighted by atomic mass is 16.5. The summed E-state index contributed by atoms with van der Waals surface area (Å²) < 4.78 is 10.6. The lowest BCUT2D eigenvalue weighted by Gasteiger charge is -2.11. The largest absolute Gasteiger partial charge is 0.501 e. The molecule has 1 aliphatic rings. The average Bonchev–Trinajstić information content (AvgIpc) is 2.98. The van der Waals surface area contributed by atoms with E-state index >= 15 is 0 Å². The molecule has 29 heavy (non-hydrogen) atoms. The van der Waals surface area contributed by atoms with E-state index < -0.39 is 5.91 Å². The summed E-state index contributed by atoms with van der Waals surface area (Å²) in [5.74, 6) is 1.21. The first kappa shape index (κ1) is 20.4. The normalized spacial score (nSPS) is 13.7. The Bertz CT molecular complexity index is 937. The summed E-state index contributed by atoms with van der Waals surface area (Å²) in [6.45, 7) is 0.739. The van der Waals surface area contributed by atoms with Crippen LogP contribution in [0.25, 0.3) is 11.3 Å². The monoisotopic (exact) mass is 394 g/mol. The van der Waals surface area contributed by atoms with Gasteiger partial charge in [0.1, 0.15) is 5.82 Å². The molecule has 2 aromatic rings. The third-order valence-electron chi connectivity index (χ3n) is 4.77. The minimum absolute atomic E-state index is 0.260. The number of amides is 1. The summed E-state index contributed by atoms with van der Waals surface area (Å²) in [6.07, 6.45) is 8.23. The fraction of sp³-hybridized carbons (Fsp3) is 0.318. The molecular formula is C22H26N4O3. The fourth-order valence-corrected chi connectivity index (χ4v) is 3.18. The summed E-state index contributed by atoms with van der Waals surface area (Å²) in [6, 6.07) is 9.13. The number of nitrogens with zero attached hydrogens (tertiary/aromatic N) is 2. The highest BCUT2D eigenvalue weighted by Gasteiger charge is 2.10. The Balaban J connectivity index is 1.72. The molecule has 1 amide bonds. The van der Waals surface area contributed by atoms with E-state index in [1.54, 1.807) is 25.3 Å². The summed E-state index contributed by atoms with van der Waals surface area (Å²) in [5, 5.41) is 3.34. The molecule has 1 aliphatic carbocycles. The number of benzene rings is 1. The SMILES string of the molecule is COC1=CC=C(CCNc2cc(-c3cccc(C(N)=O)c3)nc(OC)n2)CCC1. The van der Waals surface area contributed by atoms with Gasteiger partial charge in [0.2, 0.25) is 5.91 Å². The van der Waals surface area contributed by atoms with Crippen LogP contribution in [0.5, 0.6) is 6.01 Å². The van der Waals surface area contributed by atoms with Crippen molar-refractivity contribution in [2.24, 2.45) is 5.73 Å². The molecule has 1 aromatic heterocycles. The molecule has 0 saturated heterocycles. The van der Waals surface area contributed by atoms with Crippen molar-refractivity contribution in [3.05, 3.63) is 59.4 Å². The third kappa shape index (κ3) is 5.57. The number of carbonyl (C=O) groups excluding carboxylic acids is 1. The number of aromatic nitrogens is 2. The van der Waals surface area contributed by atoms with Crippen molar-refractivity contribution < 1.29 is 14.3 Å². The van der Waals surface area contributed by atoms with Gasteiger partial charge in [0.25, 0.3) is 0 Å². The highest BCUT2D eigenvalue weighted by molar-refractivity contribution is 5.94. The second-order valence-electron chi connectivity index (χ2n) is 6.76. The van der Waals surface area contributed by atoms with Crippen molar-refractivity contribution in [2.75, 3.05) is 26.1 Å². The van der Waals surface area contributed by atoms with Crippen molar-refractivity contribution >= 4 is 11.7 Å². The molecule has 7 heteroatoms. The van der Waals surface area contributed by atoms with Crippen LogP contribution in [0.1, 0.15) is 36.0 Å². The molecule has 0 unspecified atom stereocenters. The van der Waals surface area contributed by atoms with E-state index in [9.17, 15) is 4.79 Å². The second-order valence-corrected chi connectivity index (χ2v) is 6.76. The number of hydrogen-bond donors (Lipinski definition) is 2. The maximum Gasteiger partial charge on any atom is 0.318 e. The van der Waals surface area contributed by atoms with Gasteiger partial charge in [-0.1, -0.05) is 23.8 Å². The summed E-state index contributed by atoms with van der Waals surface area (Å²) in [4.78, 5) is 20.2. The van der Waals surface area contributed by atoms with Gasteiger partial charge >= 0.3 is 6.01 Å². The number of nitrogens with two attached hydrogens (primary N) is 1. The van der Waals surface area contributed by atoms with Crippen molar-refractivity contribution in [3.63, 3.8) is 0 Å². The Labute approximate surface area is 170 Å². The summed E-state index contributed by atoms with van der Waals surface area (Å²) in [7, 11) is 3.24. The van der Waals surface area contributed by atoms with Crippen molar-refractivity contribution in [1.29, 1.82) is 0 Å². The van der Waals surface area contributed by atoms with E-state index in [0.717, 1.165) is 43.6 Å². The van der Waals surface area contributed by atoms with Gasteiger partial charge in [-0.3, -0.25) is 4.79 Å². The van der Waals surface area contributed by atoms with E-state index in [1.807, 2.05) is 12.1 Å². The Hall–Kier alpha value is -3.35. The summed E-state index contributed by atoms with van der Waals surface area (Å²) in [5.41, 5.74) is 8.62. The predicted octanol–water partition coefficient (Wildman–Crippen LogP) is 3.69. The topological polar surface area (TPSA) is 99.4 Å². The molecule has 0 fully saturated rings. The molecule has 152 valence electrons. The zero-order chi connectivity index (χ0) is 20.6. The van der Waals surface area contributed by atoms with Crippen LogP contribution >= 0.6 is 0 Å². The number of allylic oxidation sites excluding steroid dienone is 3. The lowest BCUT2D eigenvalue weighted by Crippen LogP contribution is -2.10. The van der Waals surface area contributed by atoms with Crippen LogP contribution in [-0.2, 0) is 4.74 Å². The van der Waals surface area contributed by atoms with Gasteiger partial charge in [-0.05, 0) is 37.5 Å². The van der Waals surface area contributed by atoms with E-state index in [4.69, 9.17) is 15.2 Å². The number of ether oxygens (including phenoxy) is 2. The number of primary amides is 1. The van der Waals surface area contributed by atoms with Crippen LogP contribution in [0.3, 0.4) is 0 Å². The number of anilines is 1. The lowest BCUT2D eigenvalue weighted by molar-refractivity contribution is 0.100. The smallest absolute Gasteiger partial charge is 0.318 e. The quantitative estimate of drug-likeness (QED) is 0.708. The molecule has 1 aromatic carbocycles. The summed E-state index contributed by atoms with van der Waals surface area (Å²) >= 11 is 0. The number of hydrogen-bond acceptors (Lipinski definition) is 6. The standard InChI is InChI=1S/C22H26N4O3/c1-28-18-8-3-5-15(9-10-18)11-12-24-20-14-19(25-22(26-20)29-2)16-6-4-7-17(13-16)21(23)27/h4,6-7,9-10,13-14H,3,5,8,11-12H2,1-2H3,(H2,23,27)(H,24,25,26). The molecule has 7 nitrogen and oxygen atoms in total. The predicted molar refractivity (Wildman–Crippen MR) is 113 cm³/mol. The molecule has 0 saturated carbocycles. The average molecular weight is 394 g/mol. The van der Waals surface area contributed by atoms with E-state index in [2.05, 4.69) is 27.4 Å². The highest BCUT2D eigenvalue weighted by Crippen LogP contribution is 2.24. The van der Waals surface area contributed by atoms with Gasteiger partial charge in [0, 0.05) is 30.2 Å².